The van der Waals surface area contributed by atoms with Crippen LogP contribution in [0.1, 0.15) is 22.3 Å². The lowest BCUT2D eigenvalue weighted by molar-refractivity contribution is 0.0942. The number of benzene rings is 2. The SMILES string of the molecule is Cc1cccc(Cl)c1-c1ccc2c(C(=O)N[C@H]3CCNC3)c(N)ncc2c1. The third-order valence-electron chi connectivity index (χ3n) is 5.05. The smallest absolute Gasteiger partial charge is 0.255 e. The van der Waals surface area contributed by atoms with E-state index in [0.29, 0.717) is 10.6 Å². The van der Waals surface area contributed by atoms with Crippen molar-refractivity contribution in [2.75, 3.05) is 18.8 Å². The number of rotatable bonds is 3. The number of fused-ring (bicyclic) bond motifs is 1. The molecule has 2 aromatic carbocycles. The topological polar surface area (TPSA) is 80.0 Å². The zero-order valence-electron chi connectivity index (χ0n) is 15.1. The summed E-state index contributed by atoms with van der Waals surface area (Å²) in [6, 6.07) is 11.9. The predicted octanol–water partition coefficient (Wildman–Crippen LogP) is 3.54. The van der Waals surface area contributed by atoms with Gasteiger partial charge in [0.05, 0.1) is 5.56 Å². The van der Waals surface area contributed by atoms with Crippen LogP contribution in [-0.2, 0) is 0 Å². The van der Waals surface area contributed by atoms with Gasteiger partial charge >= 0.3 is 0 Å². The largest absolute Gasteiger partial charge is 0.383 e. The van der Waals surface area contributed by atoms with E-state index in [0.717, 1.165) is 47.0 Å². The van der Waals surface area contributed by atoms with Gasteiger partial charge in [-0.25, -0.2) is 4.98 Å². The fourth-order valence-corrected chi connectivity index (χ4v) is 4.00. The van der Waals surface area contributed by atoms with Gasteiger partial charge < -0.3 is 16.4 Å². The molecule has 3 aromatic rings. The summed E-state index contributed by atoms with van der Waals surface area (Å²) in [7, 11) is 0. The maximum atomic E-state index is 12.8. The van der Waals surface area contributed by atoms with Gasteiger partial charge in [-0.15, -0.1) is 0 Å². The van der Waals surface area contributed by atoms with Crippen molar-refractivity contribution in [2.24, 2.45) is 0 Å². The van der Waals surface area contributed by atoms with Gasteiger partial charge in [-0.3, -0.25) is 4.79 Å². The normalized spacial score (nSPS) is 16.6. The Morgan fingerprint density at radius 1 is 1.33 bits per heavy atom. The lowest BCUT2D eigenvalue weighted by atomic mass is 9.96. The maximum Gasteiger partial charge on any atom is 0.255 e. The van der Waals surface area contributed by atoms with E-state index >= 15 is 0 Å². The highest BCUT2D eigenvalue weighted by Crippen LogP contribution is 2.34. The number of pyridine rings is 1. The Morgan fingerprint density at radius 3 is 2.93 bits per heavy atom. The lowest BCUT2D eigenvalue weighted by Crippen LogP contribution is -2.36. The molecule has 0 saturated carbocycles. The first kappa shape index (κ1) is 17.8. The molecule has 1 aliphatic rings. The average molecular weight is 381 g/mol. The molecular weight excluding hydrogens is 360 g/mol. The third-order valence-corrected chi connectivity index (χ3v) is 5.37. The first-order chi connectivity index (χ1) is 13.0. The molecule has 0 unspecified atom stereocenters. The first-order valence-electron chi connectivity index (χ1n) is 9.00. The highest BCUT2D eigenvalue weighted by Gasteiger charge is 2.21. The number of aryl methyl sites for hydroxylation is 1. The number of hydrogen-bond acceptors (Lipinski definition) is 4. The Balaban J connectivity index is 1.78. The highest BCUT2D eigenvalue weighted by atomic mass is 35.5. The van der Waals surface area contributed by atoms with Gasteiger partial charge in [-0.1, -0.05) is 35.9 Å². The van der Waals surface area contributed by atoms with Crippen LogP contribution in [0.2, 0.25) is 5.02 Å². The second kappa shape index (κ2) is 7.18. The number of aromatic nitrogens is 1. The van der Waals surface area contributed by atoms with Gasteiger partial charge in [-0.05, 0) is 48.5 Å². The van der Waals surface area contributed by atoms with Crippen LogP contribution in [0.3, 0.4) is 0 Å². The van der Waals surface area contributed by atoms with Gasteiger partial charge in [0.15, 0.2) is 0 Å². The number of halogens is 1. The van der Waals surface area contributed by atoms with E-state index in [-0.39, 0.29) is 17.8 Å². The number of carbonyl (C=O) groups excluding carboxylic acids is 1. The summed E-state index contributed by atoms with van der Waals surface area (Å²) < 4.78 is 0. The minimum atomic E-state index is -0.180. The molecule has 0 radical (unpaired) electrons. The van der Waals surface area contributed by atoms with Gasteiger partial charge in [-0.2, -0.15) is 0 Å². The molecule has 4 N–H and O–H groups in total. The van der Waals surface area contributed by atoms with Crippen molar-refractivity contribution in [3.05, 3.63) is 58.7 Å². The lowest BCUT2D eigenvalue weighted by Gasteiger charge is -2.15. The van der Waals surface area contributed by atoms with E-state index in [4.69, 9.17) is 17.3 Å². The molecule has 1 fully saturated rings. The molecule has 2 heterocycles. The summed E-state index contributed by atoms with van der Waals surface area (Å²) >= 11 is 6.41. The van der Waals surface area contributed by atoms with E-state index < -0.39 is 0 Å². The number of carbonyl (C=O) groups is 1. The Hall–Kier alpha value is -2.63. The molecule has 1 saturated heterocycles. The summed E-state index contributed by atoms with van der Waals surface area (Å²) in [6.07, 6.45) is 2.62. The van der Waals surface area contributed by atoms with E-state index in [1.54, 1.807) is 6.20 Å². The van der Waals surface area contributed by atoms with Crippen LogP contribution in [0.5, 0.6) is 0 Å². The van der Waals surface area contributed by atoms with Gasteiger partial charge in [0.25, 0.3) is 5.91 Å². The van der Waals surface area contributed by atoms with Gasteiger partial charge in [0, 0.05) is 34.8 Å². The Morgan fingerprint density at radius 2 is 2.19 bits per heavy atom. The minimum Gasteiger partial charge on any atom is -0.383 e. The van der Waals surface area contributed by atoms with Crippen LogP contribution < -0.4 is 16.4 Å². The monoisotopic (exact) mass is 380 g/mol. The molecule has 138 valence electrons. The van der Waals surface area contributed by atoms with E-state index in [1.807, 2.05) is 43.3 Å². The zero-order chi connectivity index (χ0) is 19.0. The number of hydrogen-bond donors (Lipinski definition) is 3. The van der Waals surface area contributed by atoms with Crippen LogP contribution in [-0.4, -0.2) is 30.0 Å². The van der Waals surface area contributed by atoms with Crippen LogP contribution in [0.25, 0.3) is 21.9 Å². The van der Waals surface area contributed by atoms with E-state index in [2.05, 4.69) is 15.6 Å². The highest BCUT2D eigenvalue weighted by molar-refractivity contribution is 6.33. The van der Waals surface area contributed by atoms with Crippen molar-refractivity contribution in [3.63, 3.8) is 0 Å². The fourth-order valence-electron chi connectivity index (χ4n) is 3.67. The van der Waals surface area contributed by atoms with Crippen LogP contribution in [0, 0.1) is 6.92 Å². The quantitative estimate of drug-likeness (QED) is 0.649. The van der Waals surface area contributed by atoms with E-state index in [9.17, 15) is 4.79 Å². The van der Waals surface area contributed by atoms with Crippen molar-refractivity contribution < 1.29 is 4.79 Å². The molecular formula is C21H21ClN4O. The number of nitrogens with zero attached hydrogens (tertiary/aromatic N) is 1. The van der Waals surface area contributed by atoms with Crippen molar-refractivity contribution in [2.45, 2.75) is 19.4 Å². The summed E-state index contributed by atoms with van der Waals surface area (Å²) in [5.74, 6) is 0.0635. The molecule has 0 aliphatic carbocycles. The Labute approximate surface area is 162 Å². The van der Waals surface area contributed by atoms with Crippen molar-refractivity contribution in [1.29, 1.82) is 0 Å². The van der Waals surface area contributed by atoms with E-state index in [1.165, 1.54) is 0 Å². The van der Waals surface area contributed by atoms with Crippen molar-refractivity contribution >= 4 is 34.1 Å². The minimum absolute atomic E-state index is 0.122. The van der Waals surface area contributed by atoms with Crippen LogP contribution in [0.15, 0.2) is 42.6 Å². The summed E-state index contributed by atoms with van der Waals surface area (Å²) in [4.78, 5) is 17.1. The number of nitrogens with two attached hydrogens (primary N) is 1. The van der Waals surface area contributed by atoms with Crippen molar-refractivity contribution in [3.8, 4) is 11.1 Å². The number of nitrogens with one attached hydrogen (secondary N) is 2. The molecule has 1 aliphatic heterocycles. The number of anilines is 1. The summed E-state index contributed by atoms with van der Waals surface area (Å²) in [5.41, 5.74) is 9.55. The second-order valence-electron chi connectivity index (χ2n) is 6.92. The Kier molecular flexibility index (Phi) is 4.72. The molecule has 27 heavy (non-hydrogen) atoms. The standard InChI is InChI=1S/C21H21ClN4O/c1-12-3-2-4-17(22)18(12)13-5-6-16-14(9-13)10-25-20(23)19(16)21(27)26-15-7-8-24-11-15/h2-6,9-10,15,24H,7-8,11H2,1H3,(H2,23,25)(H,26,27)/t15-/m0/s1. The van der Waals surface area contributed by atoms with Gasteiger partial charge in [0.1, 0.15) is 5.82 Å². The summed E-state index contributed by atoms with van der Waals surface area (Å²) in [6.45, 7) is 3.72. The zero-order valence-corrected chi connectivity index (χ0v) is 15.8. The fraction of sp³-hybridized carbons (Fsp3) is 0.238. The van der Waals surface area contributed by atoms with Crippen LogP contribution in [0.4, 0.5) is 5.82 Å². The molecule has 6 heteroatoms. The van der Waals surface area contributed by atoms with Gasteiger partial charge in [0.2, 0.25) is 0 Å². The molecule has 4 rings (SSSR count). The van der Waals surface area contributed by atoms with Crippen molar-refractivity contribution in [1.82, 2.24) is 15.6 Å². The number of nitrogen functional groups attached to an aromatic ring is 1. The predicted molar refractivity (Wildman–Crippen MR) is 110 cm³/mol. The number of amides is 1. The molecule has 1 aromatic heterocycles. The maximum absolute atomic E-state index is 12.8. The molecule has 0 spiro atoms. The van der Waals surface area contributed by atoms with Crippen LogP contribution >= 0.6 is 11.6 Å². The molecule has 1 atom stereocenters. The first-order valence-corrected chi connectivity index (χ1v) is 9.37. The summed E-state index contributed by atoms with van der Waals surface area (Å²) in [5, 5.41) is 8.64. The average Bonchev–Trinajstić information content (AvgIpc) is 3.14. The second-order valence-corrected chi connectivity index (χ2v) is 7.32. The molecule has 0 bridgehead atoms. The molecule has 5 nitrogen and oxygen atoms in total. The Bertz CT molecular complexity index is 1010. The molecule has 1 amide bonds. The third kappa shape index (κ3) is 3.36.